The van der Waals surface area contributed by atoms with Gasteiger partial charge in [-0.3, -0.25) is 10.1 Å². The number of nitrogens with one attached hydrogen (secondary N) is 1. The second-order valence-electron chi connectivity index (χ2n) is 5.75. The second-order valence-corrected chi connectivity index (χ2v) is 8.01. The molecule has 0 saturated carbocycles. The summed E-state index contributed by atoms with van der Waals surface area (Å²) in [6, 6.07) is 5.37. The van der Waals surface area contributed by atoms with Crippen LogP contribution in [0.15, 0.2) is 18.2 Å². The van der Waals surface area contributed by atoms with Crippen LogP contribution in [-0.2, 0) is 4.74 Å². The number of ether oxygens (including phenoxy) is 1. The van der Waals surface area contributed by atoms with Crippen LogP contribution in [0, 0.1) is 6.92 Å². The lowest BCUT2D eigenvalue weighted by atomic mass is 10.1. The molecule has 0 saturated heterocycles. The monoisotopic (exact) mass is 375 g/mol. The summed E-state index contributed by atoms with van der Waals surface area (Å²) in [7, 11) is 1.32. The van der Waals surface area contributed by atoms with E-state index in [4.69, 9.17) is 4.74 Å². The summed E-state index contributed by atoms with van der Waals surface area (Å²) >= 11 is 2.83. The summed E-state index contributed by atoms with van der Waals surface area (Å²) in [5.74, 6) is -0.663. The first-order valence-electron chi connectivity index (χ1n) is 7.66. The molecule has 0 fully saturated rings. The first-order valence-corrected chi connectivity index (χ1v) is 9.30. The number of hydrogen-bond acceptors (Lipinski definition) is 7. The number of amides is 1. The van der Waals surface area contributed by atoms with Gasteiger partial charge in [0.1, 0.15) is 0 Å². The number of hydrogen-bond donors (Lipinski definition) is 1. The van der Waals surface area contributed by atoms with E-state index in [0.717, 1.165) is 20.1 Å². The van der Waals surface area contributed by atoms with Crippen molar-refractivity contribution in [2.45, 2.75) is 26.7 Å². The molecule has 130 valence electrons. The van der Waals surface area contributed by atoms with Gasteiger partial charge in [-0.25, -0.2) is 14.8 Å². The molecule has 1 amide bonds. The largest absolute Gasteiger partial charge is 0.464 e. The molecule has 25 heavy (non-hydrogen) atoms. The molecule has 1 N–H and O–H groups in total. The summed E-state index contributed by atoms with van der Waals surface area (Å²) in [6.07, 6.45) is 0. The number of benzene rings is 1. The number of esters is 1. The Morgan fingerprint density at radius 3 is 2.64 bits per heavy atom. The van der Waals surface area contributed by atoms with Gasteiger partial charge in [0.05, 0.1) is 22.3 Å². The Bertz CT molecular complexity index is 959. The van der Waals surface area contributed by atoms with Gasteiger partial charge in [0.15, 0.2) is 10.8 Å². The highest BCUT2D eigenvalue weighted by Gasteiger charge is 2.22. The molecular formula is C17H17N3O3S2. The number of nitrogens with zero attached hydrogens (tertiary/aromatic N) is 2. The number of fused-ring (bicyclic) bond motifs is 1. The molecule has 2 heterocycles. The number of aryl methyl sites for hydroxylation is 1. The fraction of sp³-hybridized carbons (Fsp3) is 0.294. The molecule has 0 radical (unpaired) electrons. The Morgan fingerprint density at radius 2 is 1.96 bits per heavy atom. The molecule has 0 atom stereocenters. The topological polar surface area (TPSA) is 81.2 Å². The lowest BCUT2D eigenvalue weighted by molar-refractivity contribution is 0.0593. The van der Waals surface area contributed by atoms with E-state index in [1.54, 1.807) is 17.4 Å². The molecule has 2 aromatic heterocycles. The molecule has 8 heteroatoms. The highest BCUT2D eigenvalue weighted by molar-refractivity contribution is 7.18. The van der Waals surface area contributed by atoms with Gasteiger partial charge in [-0.1, -0.05) is 13.8 Å². The van der Waals surface area contributed by atoms with Gasteiger partial charge in [0.2, 0.25) is 0 Å². The average molecular weight is 375 g/mol. The van der Waals surface area contributed by atoms with E-state index in [1.165, 1.54) is 18.4 Å². The molecule has 0 spiro atoms. The highest BCUT2D eigenvalue weighted by Crippen LogP contribution is 2.31. The first-order chi connectivity index (χ1) is 11.9. The third-order valence-corrected chi connectivity index (χ3v) is 5.74. The molecule has 0 aliphatic rings. The second kappa shape index (κ2) is 6.89. The van der Waals surface area contributed by atoms with Crippen LogP contribution in [0.1, 0.15) is 50.5 Å². The van der Waals surface area contributed by atoms with Crippen LogP contribution < -0.4 is 5.32 Å². The number of anilines is 1. The van der Waals surface area contributed by atoms with E-state index in [-0.39, 0.29) is 17.5 Å². The molecule has 3 aromatic rings. The average Bonchev–Trinajstić information content (AvgIpc) is 3.15. The predicted molar refractivity (Wildman–Crippen MR) is 99.9 cm³/mol. The van der Waals surface area contributed by atoms with Gasteiger partial charge in [-0.05, 0) is 31.0 Å². The zero-order valence-corrected chi connectivity index (χ0v) is 15.9. The van der Waals surface area contributed by atoms with Crippen LogP contribution in [0.2, 0.25) is 0 Å². The molecule has 0 bridgehead atoms. The van der Waals surface area contributed by atoms with Crippen molar-refractivity contribution < 1.29 is 14.3 Å². The van der Waals surface area contributed by atoms with Crippen molar-refractivity contribution in [3.05, 3.63) is 39.3 Å². The Hall–Kier alpha value is -2.32. The lowest BCUT2D eigenvalue weighted by Gasteiger charge is -2.02. The number of carbonyl (C=O) groups is 2. The SMILES string of the molecule is COC(=O)c1nc(NC(=O)c2ccc3nc(C)sc3c2)sc1C(C)C. The van der Waals surface area contributed by atoms with Crippen LogP contribution in [0.25, 0.3) is 10.2 Å². The standard InChI is InChI=1S/C17H17N3O3S2/c1-8(2)14-13(16(22)23-4)19-17(25-14)20-15(21)10-5-6-11-12(7-10)24-9(3)18-11/h5-8H,1-4H3,(H,19,20,21). The lowest BCUT2D eigenvalue weighted by Crippen LogP contribution is -2.12. The minimum atomic E-state index is -0.498. The predicted octanol–water partition coefficient (Wildman–Crippen LogP) is 4.22. The molecule has 0 unspecified atom stereocenters. The van der Waals surface area contributed by atoms with E-state index in [0.29, 0.717) is 10.7 Å². The summed E-state index contributed by atoms with van der Waals surface area (Å²) in [5.41, 5.74) is 1.66. The van der Waals surface area contributed by atoms with Gasteiger partial charge in [0, 0.05) is 10.4 Å². The van der Waals surface area contributed by atoms with E-state index in [1.807, 2.05) is 32.9 Å². The quantitative estimate of drug-likeness (QED) is 0.690. The Labute approximate surface area is 152 Å². The third-order valence-electron chi connectivity index (χ3n) is 3.53. The number of methoxy groups -OCH3 is 1. The number of thiazole rings is 2. The van der Waals surface area contributed by atoms with Gasteiger partial charge in [0.25, 0.3) is 5.91 Å². The molecule has 6 nitrogen and oxygen atoms in total. The highest BCUT2D eigenvalue weighted by atomic mass is 32.1. The van der Waals surface area contributed by atoms with Crippen molar-refractivity contribution in [1.82, 2.24) is 9.97 Å². The van der Waals surface area contributed by atoms with E-state index in [2.05, 4.69) is 15.3 Å². The third kappa shape index (κ3) is 3.54. The maximum atomic E-state index is 12.5. The van der Waals surface area contributed by atoms with E-state index >= 15 is 0 Å². The normalized spacial score (nSPS) is 11.1. The smallest absolute Gasteiger partial charge is 0.357 e. The number of carbonyl (C=O) groups excluding carboxylic acids is 2. The van der Waals surface area contributed by atoms with Crippen molar-refractivity contribution in [3.63, 3.8) is 0 Å². The molecule has 3 rings (SSSR count). The van der Waals surface area contributed by atoms with Crippen LogP contribution in [-0.4, -0.2) is 29.0 Å². The maximum absolute atomic E-state index is 12.5. The molecule has 0 aliphatic heterocycles. The summed E-state index contributed by atoms with van der Waals surface area (Å²) in [6.45, 7) is 5.86. The fourth-order valence-corrected chi connectivity index (χ4v) is 4.19. The minimum Gasteiger partial charge on any atom is -0.464 e. The Balaban J connectivity index is 1.87. The van der Waals surface area contributed by atoms with Gasteiger partial charge < -0.3 is 4.74 Å². The van der Waals surface area contributed by atoms with Crippen molar-refractivity contribution in [2.75, 3.05) is 12.4 Å². The van der Waals surface area contributed by atoms with Crippen LogP contribution in [0.5, 0.6) is 0 Å². The van der Waals surface area contributed by atoms with Crippen LogP contribution in [0.4, 0.5) is 5.13 Å². The van der Waals surface area contributed by atoms with Gasteiger partial charge >= 0.3 is 5.97 Å². The molecule has 0 aliphatic carbocycles. The summed E-state index contributed by atoms with van der Waals surface area (Å²) in [5, 5.41) is 4.11. The van der Waals surface area contributed by atoms with Gasteiger partial charge in [-0.15, -0.1) is 22.7 Å². The number of aromatic nitrogens is 2. The van der Waals surface area contributed by atoms with Crippen molar-refractivity contribution in [1.29, 1.82) is 0 Å². The summed E-state index contributed by atoms with van der Waals surface area (Å²) < 4.78 is 5.73. The van der Waals surface area contributed by atoms with Crippen molar-refractivity contribution in [3.8, 4) is 0 Å². The molecule has 1 aromatic carbocycles. The van der Waals surface area contributed by atoms with E-state index < -0.39 is 5.97 Å². The number of rotatable bonds is 4. The van der Waals surface area contributed by atoms with Crippen molar-refractivity contribution in [2.24, 2.45) is 0 Å². The van der Waals surface area contributed by atoms with E-state index in [9.17, 15) is 9.59 Å². The zero-order chi connectivity index (χ0) is 18.1. The Kier molecular flexibility index (Phi) is 4.82. The zero-order valence-electron chi connectivity index (χ0n) is 14.2. The van der Waals surface area contributed by atoms with Crippen molar-refractivity contribution >= 4 is 49.9 Å². The molecular weight excluding hydrogens is 358 g/mol. The first kappa shape index (κ1) is 17.5. The van der Waals surface area contributed by atoms with Crippen LogP contribution >= 0.6 is 22.7 Å². The Morgan fingerprint density at radius 1 is 1.20 bits per heavy atom. The fourth-order valence-electron chi connectivity index (χ4n) is 2.37. The van der Waals surface area contributed by atoms with Crippen LogP contribution in [0.3, 0.4) is 0 Å². The summed E-state index contributed by atoms with van der Waals surface area (Å²) in [4.78, 5) is 33.8. The maximum Gasteiger partial charge on any atom is 0.357 e. The van der Waals surface area contributed by atoms with Gasteiger partial charge in [-0.2, -0.15) is 0 Å². The minimum absolute atomic E-state index is 0.105.